The quantitative estimate of drug-likeness (QED) is 0.833. The number of aromatic hydroxyl groups is 1. The summed E-state index contributed by atoms with van der Waals surface area (Å²) in [6.45, 7) is 3.10. The van der Waals surface area contributed by atoms with Crippen molar-refractivity contribution < 1.29 is 5.11 Å². The Labute approximate surface area is 114 Å². The lowest BCUT2D eigenvalue weighted by Gasteiger charge is -2.13. The molecule has 0 aliphatic heterocycles. The Morgan fingerprint density at radius 3 is 2.63 bits per heavy atom. The van der Waals surface area contributed by atoms with Crippen molar-refractivity contribution in [2.24, 2.45) is 7.05 Å². The molecular formula is C15H21N3O. The van der Waals surface area contributed by atoms with Crippen molar-refractivity contribution in [3.05, 3.63) is 47.8 Å². The lowest BCUT2D eigenvalue weighted by molar-refractivity contribution is 0.474. The Bertz CT molecular complexity index is 504. The first-order valence-corrected chi connectivity index (χ1v) is 6.63. The zero-order valence-electron chi connectivity index (χ0n) is 11.5. The molecule has 1 aromatic carbocycles. The smallest absolute Gasteiger partial charge is 0.115 e. The average Bonchev–Trinajstić information content (AvgIpc) is 2.78. The van der Waals surface area contributed by atoms with Crippen LogP contribution in [-0.4, -0.2) is 27.5 Å². The van der Waals surface area contributed by atoms with Crippen molar-refractivity contribution in [2.75, 3.05) is 6.54 Å². The molecule has 1 unspecified atom stereocenters. The summed E-state index contributed by atoms with van der Waals surface area (Å²) in [5.41, 5.74) is 2.35. The fourth-order valence-electron chi connectivity index (χ4n) is 2.10. The van der Waals surface area contributed by atoms with Gasteiger partial charge in [0.1, 0.15) is 5.75 Å². The second-order valence-corrected chi connectivity index (χ2v) is 4.96. The average molecular weight is 259 g/mol. The number of nitrogens with one attached hydrogen (secondary N) is 1. The molecule has 1 atom stereocenters. The van der Waals surface area contributed by atoms with Crippen LogP contribution in [0.4, 0.5) is 0 Å². The van der Waals surface area contributed by atoms with Crippen molar-refractivity contribution in [3.63, 3.8) is 0 Å². The van der Waals surface area contributed by atoms with E-state index in [2.05, 4.69) is 17.3 Å². The molecule has 19 heavy (non-hydrogen) atoms. The lowest BCUT2D eigenvalue weighted by Crippen LogP contribution is -2.30. The van der Waals surface area contributed by atoms with Crippen LogP contribution in [0.1, 0.15) is 18.2 Å². The molecule has 102 valence electrons. The van der Waals surface area contributed by atoms with E-state index < -0.39 is 0 Å². The summed E-state index contributed by atoms with van der Waals surface area (Å²) in [7, 11) is 1.93. The predicted molar refractivity (Wildman–Crippen MR) is 76.2 cm³/mol. The van der Waals surface area contributed by atoms with Crippen LogP contribution < -0.4 is 5.32 Å². The van der Waals surface area contributed by atoms with E-state index in [1.54, 1.807) is 12.1 Å². The molecule has 0 bridgehead atoms. The molecule has 4 nitrogen and oxygen atoms in total. The van der Waals surface area contributed by atoms with E-state index >= 15 is 0 Å². The van der Waals surface area contributed by atoms with Gasteiger partial charge in [-0.3, -0.25) is 4.68 Å². The third-order valence-electron chi connectivity index (χ3n) is 3.12. The van der Waals surface area contributed by atoms with Gasteiger partial charge in [0, 0.05) is 32.3 Å². The second kappa shape index (κ2) is 6.38. The number of phenols is 1. The molecule has 0 saturated carbocycles. The number of benzene rings is 1. The van der Waals surface area contributed by atoms with E-state index in [4.69, 9.17) is 0 Å². The van der Waals surface area contributed by atoms with Crippen molar-refractivity contribution in [3.8, 4) is 5.75 Å². The van der Waals surface area contributed by atoms with Crippen LogP contribution in [0.2, 0.25) is 0 Å². The van der Waals surface area contributed by atoms with E-state index in [1.165, 1.54) is 5.56 Å². The van der Waals surface area contributed by atoms with Gasteiger partial charge in [0.25, 0.3) is 0 Å². The first kappa shape index (κ1) is 13.6. The summed E-state index contributed by atoms with van der Waals surface area (Å²) < 4.78 is 1.83. The molecule has 1 heterocycles. The molecule has 2 rings (SSSR count). The predicted octanol–water partition coefficient (Wildman–Crippen LogP) is 1.89. The Balaban J connectivity index is 1.72. The Kier molecular flexibility index (Phi) is 4.58. The molecule has 0 radical (unpaired) electrons. The molecule has 0 fully saturated rings. The fraction of sp³-hybridized carbons (Fsp3) is 0.400. The molecule has 0 saturated heterocycles. The van der Waals surface area contributed by atoms with Gasteiger partial charge in [-0.05, 0) is 37.1 Å². The van der Waals surface area contributed by atoms with Gasteiger partial charge >= 0.3 is 0 Å². The minimum Gasteiger partial charge on any atom is -0.508 e. The first-order chi connectivity index (χ1) is 9.13. The van der Waals surface area contributed by atoms with Gasteiger partial charge in [-0.1, -0.05) is 12.1 Å². The standard InChI is InChI=1S/C15H21N3O/c1-12(11-13-3-5-15(19)6-4-13)16-9-7-14-8-10-18(2)17-14/h3-6,8,10,12,16,19H,7,9,11H2,1-2H3. The van der Waals surface area contributed by atoms with Crippen molar-refractivity contribution >= 4 is 0 Å². The summed E-state index contributed by atoms with van der Waals surface area (Å²) in [5.74, 6) is 0.319. The zero-order valence-corrected chi connectivity index (χ0v) is 11.5. The number of nitrogens with zero attached hydrogens (tertiary/aromatic N) is 2. The third-order valence-corrected chi connectivity index (χ3v) is 3.12. The molecule has 0 aliphatic carbocycles. The van der Waals surface area contributed by atoms with E-state index in [1.807, 2.05) is 36.1 Å². The van der Waals surface area contributed by atoms with Gasteiger partial charge in [0.2, 0.25) is 0 Å². The van der Waals surface area contributed by atoms with E-state index in [-0.39, 0.29) is 0 Å². The highest BCUT2D eigenvalue weighted by atomic mass is 16.3. The molecular weight excluding hydrogens is 238 g/mol. The summed E-state index contributed by atoms with van der Waals surface area (Å²) in [6, 6.07) is 9.85. The van der Waals surface area contributed by atoms with Gasteiger partial charge < -0.3 is 10.4 Å². The minimum atomic E-state index is 0.319. The number of aromatic nitrogens is 2. The number of aryl methyl sites for hydroxylation is 1. The van der Waals surface area contributed by atoms with E-state index in [0.29, 0.717) is 11.8 Å². The molecule has 0 aliphatic rings. The molecule has 0 amide bonds. The molecule has 2 aromatic rings. The van der Waals surface area contributed by atoms with Gasteiger partial charge in [-0.2, -0.15) is 5.10 Å². The van der Waals surface area contributed by atoms with Gasteiger partial charge in [0.05, 0.1) is 5.69 Å². The maximum atomic E-state index is 9.24. The Morgan fingerprint density at radius 2 is 2.00 bits per heavy atom. The number of hydrogen-bond donors (Lipinski definition) is 2. The van der Waals surface area contributed by atoms with Crippen LogP contribution in [-0.2, 0) is 19.9 Å². The third kappa shape index (κ3) is 4.41. The SMILES string of the molecule is CC(Cc1ccc(O)cc1)NCCc1ccn(C)n1. The van der Waals surface area contributed by atoms with Crippen molar-refractivity contribution in [1.29, 1.82) is 0 Å². The van der Waals surface area contributed by atoms with Crippen LogP contribution in [0.25, 0.3) is 0 Å². The monoisotopic (exact) mass is 259 g/mol. The van der Waals surface area contributed by atoms with Crippen LogP contribution in [0, 0.1) is 0 Å². The van der Waals surface area contributed by atoms with Crippen LogP contribution >= 0.6 is 0 Å². The zero-order chi connectivity index (χ0) is 13.7. The van der Waals surface area contributed by atoms with Crippen LogP contribution in [0.5, 0.6) is 5.75 Å². The molecule has 4 heteroatoms. The number of rotatable bonds is 6. The molecule has 1 aromatic heterocycles. The fourth-order valence-corrected chi connectivity index (χ4v) is 2.10. The van der Waals surface area contributed by atoms with Crippen molar-refractivity contribution in [1.82, 2.24) is 15.1 Å². The number of phenolic OH excluding ortho intramolecular Hbond substituents is 1. The maximum Gasteiger partial charge on any atom is 0.115 e. The summed E-state index contributed by atoms with van der Waals surface area (Å²) in [5, 5.41) is 17.1. The Morgan fingerprint density at radius 1 is 1.26 bits per heavy atom. The normalized spacial score (nSPS) is 12.5. The minimum absolute atomic E-state index is 0.319. The highest BCUT2D eigenvalue weighted by Crippen LogP contribution is 2.11. The Hall–Kier alpha value is -1.81. The van der Waals surface area contributed by atoms with Crippen molar-refractivity contribution in [2.45, 2.75) is 25.8 Å². The van der Waals surface area contributed by atoms with E-state index in [9.17, 15) is 5.11 Å². The second-order valence-electron chi connectivity index (χ2n) is 4.96. The largest absolute Gasteiger partial charge is 0.508 e. The molecule has 0 spiro atoms. The maximum absolute atomic E-state index is 9.24. The summed E-state index contributed by atoms with van der Waals surface area (Å²) in [6.07, 6.45) is 3.87. The van der Waals surface area contributed by atoms with Gasteiger partial charge in [-0.25, -0.2) is 0 Å². The number of hydrogen-bond acceptors (Lipinski definition) is 3. The first-order valence-electron chi connectivity index (χ1n) is 6.63. The van der Waals surface area contributed by atoms with Gasteiger partial charge in [-0.15, -0.1) is 0 Å². The topological polar surface area (TPSA) is 50.1 Å². The molecule has 2 N–H and O–H groups in total. The highest BCUT2D eigenvalue weighted by Gasteiger charge is 2.04. The summed E-state index contributed by atoms with van der Waals surface area (Å²) >= 11 is 0. The van der Waals surface area contributed by atoms with Crippen LogP contribution in [0.15, 0.2) is 36.5 Å². The summed E-state index contributed by atoms with van der Waals surface area (Å²) in [4.78, 5) is 0. The van der Waals surface area contributed by atoms with E-state index in [0.717, 1.165) is 25.1 Å². The van der Waals surface area contributed by atoms with Gasteiger partial charge in [0.15, 0.2) is 0 Å². The van der Waals surface area contributed by atoms with Crippen LogP contribution in [0.3, 0.4) is 0 Å². The lowest BCUT2D eigenvalue weighted by atomic mass is 10.1. The highest BCUT2D eigenvalue weighted by molar-refractivity contribution is 5.26.